The Kier molecular flexibility index (Phi) is 4.05. The molecule has 0 bridgehead atoms. The quantitative estimate of drug-likeness (QED) is 0.587. The zero-order chi connectivity index (χ0) is 16.5. The summed E-state index contributed by atoms with van der Waals surface area (Å²) in [6.45, 7) is 1.94. The molecule has 0 saturated carbocycles. The van der Waals surface area contributed by atoms with Gasteiger partial charge >= 0.3 is 0 Å². The van der Waals surface area contributed by atoms with Crippen molar-refractivity contribution < 1.29 is 4.79 Å². The number of nitrogens with one attached hydrogen (secondary N) is 4. The van der Waals surface area contributed by atoms with E-state index < -0.39 is 0 Å². The van der Waals surface area contributed by atoms with Crippen LogP contribution in [0.4, 0.5) is 0 Å². The molecule has 4 N–H and O–H groups in total. The number of amides is 1. The van der Waals surface area contributed by atoms with Gasteiger partial charge in [-0.2, -0.15) is 0 Å². The molecule has 2 aromatic heterocycles. The molecule has 1 saturated heterocycles. The number of hydrogen-bond donors (Lipinski definition) is 4. The van der Waals surface area contributed by atoms with E-state index in [4.69, 9.17) is 0 Å². The summed E-state index contributed by atoms with van der Waals surface area (Å²) in [4.78, 5) is 21.6. The first-order valence-electron chi connectivity index (χ1n) is 8.00. The molecule has 3 heterocycles. The first-order valence-corrected chi connectivity index (χ1v) is 8.88. The molecule has 1 aliphatic heterocycles. The van der Waals surface area contributed by atoms with Crippen LogP contribution in [0.2, 0.25) is 0 Å². The van der Waals surface area contributed by atoms with Crippen molar-refractivity contribution in [1.82, 2.24) is 26.1 Å². The number of carbonyl (C=O) groups excluding carboxylic acids is 1. The summed E-state index contributed by atoms with van der Waals surface area (Å²) in [5, 5.41) is 5.08. The van der Waals surface area contributed by atoms with Gasteiger partial charge in [0.2, 0.25) is 5.91 Å². The molecule has 3 atom stereocenters. The molecule has 3 aromatic rings. The van der Waals surface area contributed by atoms with Crippen LogP contribution in [0, 0.1) is 0 Å². The van der Waals surface area contributed by atoms with Crippen molar-refractivity contribution in [2.75, 3.05) is 0 Å². The zero-order valence-electron chi connectivity index (χ0n) is 13.2. The van der Waals surface area contributed by atoms with Crippen LogP contribution in [0.1, 0.15) is 36.1 Å². The van der Waals surface area contributed by atoms with Crippen LogP contribution >= 0.6 is 11.3 Å². The van der Waals surface area contributed by atoms with Gasteiger partial charge in [0.05, 0.1) is 23.1 Å². The molecule has 0 radical (unpaired) electrons. The lowest BCUT2D eigenvalue weighted by molar-refractivity contribution is -0.123. The fourth-order valence-corrected chi connectivity index (χ4v) is 3.75. The predicted octanol–water partition coefficient (Wildman–Crippen LogP) is 2.41. The molecular weight excluding hydrogens is 322 g/mol. The molecule has 1 aromatic carbocycles. The number of thiophene rings is 1. The van der Waals surface area contributed by atoms with E-state index in [-0.39, 0.29) is 24.0 Å². The minimum absolute atomic E-state index is 0.0190. The summed E-state index contributed by atoms with van der Waals surface area (Å²) in [5.74, 6) is 0.750. The maximum absolute atomic E-state index is 12.5. The largest absolute Gasteiger partial charge is 0.345 e. The number of imidazole rings is 1. The van der Waals surface area contributed by atoms with E-state index >= 15 is 0 Å². The van der Waals surface area contributed by atoms with Crippen molar-refractivity contribution in [3.63, 3.8) is 0 Å². The maximum Gasteiger partial charge on any atom is 0.239 e. The fraction of sp³-hybridized carbons (Fsp3) is 0.294. The Morgan fingerprint density at radius 1 is 1.29 bits per heavy atom. The Morgan fingerprint density at radius 3 is 2.96 bits per heavy atom. The van der Waals surface area contributed by atoms with E-state index in [1.807, 2.05) is 42.6 Å². The highest BCUT2D eigenvalue weighted by Gasteiger charge is 2.31. The van der Waals surface area contributed by atoms with Crippen LogP contribution in [0.15, 0.2) is 41.8 Å². The minimum atomic E-state index is -0.246. The molecule has 1 aliphatic rings. The van der Waals surface area contributed by atoms with Gasteiger partial charge < -0.3 is 10.3 Å². The van der Waals surface area contributed by atoms with Crippen LogP contribution in [0.5, 0.6) is 0 Å². The Morgan fingerprint density at radius 2 is 2.17 bits per heavy atom. The number of para-hydroxylation sites is 2. The standard InChI is InChI=1S/C17H19N5OS/c1-10(16-19-11-5-2-3-6-12(11)20-16)18-17(23)14-9-13(21-22-14)15-7-4-8-24-15/h2-8,10,13-14,21-22H,9H2,1H3,(H,18,23)(H,19,20). The lowest BCUT2D eigenvalue weighted by Gasteiger charge is -2.15. The number of hydrazine groups is 1. The lowest BCUT2D eigenvalue weighted by Crippen LogP contribution is -2.44. The number of hydrogen-bond acceptors (Lipinski definition) is 5. The first-order chi connectivity index (χ1) is 11.7. The molecule has 0 aliphatic carbocycles. The summed E-state index contributed by atoms with van der Waals surface area (Å²) >= 11 is 1.70. The van der Waals surface area contributed by atoms with Crippen LogP contribution in [-0.4, -0.2) is 21.9 Å². The van der Waals surface area contributed by atoms with Gasteiger partial charge in [-0.1, -0.05) is 18.2 Å². The molecule has 3 unspecified atom stereocenters. The van der Waals surface area contributed by atoms with Crippen molar-refractivity contribution in [2.45, 2.75) is 31.5 Å². The van der Waals surface area contributed by atoms with Crippen molar-refractivity contribution in [1.29, 1.82) is 0 Å². The van der Waals surface area contributed by atoms with Crippen molar-refractivity contribution in [3.8, 4) is 0 Å². The number of rotatable bonds is 4. The minimum Gasteiger partial charge on any atom is -0.345 e. The monoisotopic (exact) mass is 341 g/mol. The molecular formula is C17H19N5OS. The Balaban J connectivity index is 1.40. The van der Waals surface area contributed by atoms with Gasteiger partial charge in [-0.05, 0) is 36.9 Å². The van der Waals surface area contributed by atoms with E-state index in [2.05, 4.69) is 32.2 Å². The van der Waals surface area contributed by atoms with Gasteiger partial charge in [0.1, 0.15) is 11.9 Å². The highest BCUT2D eigenvalue weighted by molar-refractivity contribution is 7.10. The van der Waals surface area contributed by atoms with E-state index in [1.54, 1.807) is 11.3 Å². The van der Waals surface area contributed by atoms with Gasteiger partial charge in [-0.3, -0.25) is 4.79 Å². The van der Waals surface area contributed by atoms with Gasteiger partial charge in [-0.15, -0.1) is 11.3 Å². The van der Waals surface area contributed by atoms with E-state index in [0.29, 0.717) is 0 Å². The van der Waals surface area contributed by atoms with Crippen LogP contribution < -0.4 is 16.2 Å². The Labute approximate surface area is 143 Å². The van der Waals surface area contributed by atoms with Crippen molar-refractivity contribution in [2.24, 2.45) is 0 Å². The smallest absolute Gasteiger partial charge is 0.239 e. The summed E-state index contributed by atoms with van der Waals surface area (Å²) in [6.07, 6.45) is 0.735. The second-order valence-electron chi connectivity index (χ2n) is 6.01. The number of aromatic amines is 1. The number of nitrogens with zero attached hydrogens (tertiary/aromatic N) is 1. The predicted molar refractivity (Wildman–Crippen MR) is 94.4 cm³/mol. The molecule has 124 valence electrons. The molecule has 24 heavy (non-hydrogen) atoms. The van der Waals surface area contributed by atoms with Crippen molar-refractivity contribution >= 4 is 28.3 Å². The molecule has 1 amide bonds. The fourth-order valence-electron chi connectivity index (χ4n) is 2.96. The highest BCUT2D eigenvalue weighted by Crippen LogP contribution is 2.26. The topological polar surface area (TPSA) is 81.8 Å². The number of benzene rings is 1. The maximum atomic E-state index is 12.5. The molecule has 4 rings (SSSR count). The van der Waals surface area contributed by atoms with Crippen LogP contribution in [0.3, 0.4) is 0 Å². The Bertz CT molecular complexity index is 811. The molecule has 1 fully saturated rings. The summed E-state index contributed by atoms with van der Waals surface area (Å²) in [7, 11) is 0. The average molecular weight is 341 g/mol. The van der Waals surface area contributed by atoms with Gasteiger partial charge in [0, 0.05) is 4.88 Å². The van der Waals surface area contributed by atoms with Crippen molar-refractivity contribution in [3.05, 3.63) is 52.5 Å². The number of fused-ring (bicyclic) bond motifs is 1. The number of carbonyl (C=O) groups is 1. The zero-order valence-corrected chi connectivity index (χ0v) is 14.1. The second kappa shape index (κ2) is 6.35. The summed E-state index contributed by atoms with van der Waals surface area (Å²) < 4.78 is 0. The molecule has 7 heteroatoms. The third-order valence-corrected chi connectivity index (χ3v) is 5.27. The van der Waals surface area contributed by atoms with Gasteiger partial charge in [-0.25, -0.2) is 15.8 Å². The summed E-state index contributed by atoms with van der Waals surface area (Å²) in [5.41, 5.74) is 8.18. The second-order valence-corrected chi connectivity index (χ2v) is 6.99. The van der Waals surface area contributed by atoms with E-state index in [0.717, 1.165) is 23.3 Å². The first kappa shape index (κ1) is 15.3. The SMILES string of the molecule is CC(NC(=O)C1CC(c2cccs2)NN1)c1nc2ccccc2[nH]1. The van der Waals surface area contributed by atoms with Gasteiger partial charge in [0.15, 0.2) is 0 Å². The van der Waals surface area contributed by atoms with Gasteiger partial charge in [0.25, 0.3) is 0 Å². The summed E-state index contributed by atoms with van der Waals surface area (Å²) in [6, 6.07) is 11.7. The highest BCUT2D eigenvalue weighted by atomic mass is 32.1. The lowest BCUT2D eigenvalue weighted by atomic mass is 10.1. The molecule has 6 nitrogen and oxygen atoms in total. The average Bonchev–Trinajstić information content (AvgIpc) is 3.32. The van der Waals surface area contributed by atoms with Crippen LogP contribution in [0.25, 0.3) is 11.0 Å². The normalized spacial score (nSPS) is 21.9. The number of aromatic nitrogens is 2. The molecule has 0 spiro atoms. The van der Waals surface area contributed by atoms with E-state index in [1.165, 1.54) is 4.88 Å². The Hall–Kier alpha value is -2.22. The third kappa shape index (κ3) is 2.93. The third-order valence-electron chi connectivity index (χ3n) is 4.28. The van der Waals surface area contributed by atoms with Crippen LogP contribution in [-0.2, 0) is 4.79 Å². The number of H-pyrrole nitrogens is 1. The van der Waals surface area contributed by atoms with E-state index in [9.17, 15) is 4.79 Å².